The van der Waals surface area contributed by atoms with Crippen LogP contribution in [-0.2, 0) is 11.8 Å². The summed E-state index contributed by atoms with van der Waals surface area (Å²) in [5.74, 6) is -1.50. The number of nitrogens with one attached hydrogen (secondary N) is 1. The Labute approximate surface area is 186 Å². The molecule has 0 radical (unpaired) electrons. The monoisotopic (exact) mass is 453 g/mol. The molecule has 0 spiro atoms. The molecular formula is C22H17F2N5O2S. The molecule has 0 fully saturated rings. The van der Waals surface area contributed by atoms with E-state index >= 15 is 0 Å². The Bertz CT molecular complexity index is 1270. The predicted octanol–water partition coefficient (Wildman–Crippen LogP) is 3.60. The van der Waals surface area contributed by atoms with Crippen LogP contribution in [0.1, 0.15) is 10.5 Å². The van der Waals surface area contributed by atoms with Crippen molar-refractivity contribution in [1.82, 2.24) is 24.6 Å². The standard InChI is InChI=1S/C22H17F2N5O2S/c1-28-12-2-3-18(28)21(31)25-19(30)13-32-22-27-26-20(14-4-6-15(23)7-5-14)29(22)17-10-8-16(24)9-11-17/h2-12H,13H2,1H3,(H,25,30,31). The van der Waals surface area contributed by atoms with Crippen LogP contribution in [0.25, 0.3) is 17.1 Å². The molecule has 0 aliphatic carbocycles. The van der Waals surface area contributed by atoms with Gasteiger partial charge in [-0.2, -0.15) is 0 Å². The van der Waals surface area contributed by atoms with E-state index in [1.807, 2.05) is 0 Å². The summed E-state index contributed by atoms with van der Waals surface area (Å²) in [7, 11) is 1.70. The summed E-state index contributed by atoms with van der Waals surface area (Å²) in [4.78, 5) is 24.6. The lowest BCUT2D eigenvalue weighted by atomic mass is 10.2. The second-order valence-electron chi connectivity index (χ2n) is 6.80. The number of aryl methyl sites for hydroxylation is 1. The molecule has 0 aliphatic rings. The van der Waals surface area contributed by atoms with Crippen molar-refractivity contribution in [2.75, 3.05) is 5.75 Å². The van der Waals surface area contributed by atoms with Crippen LogP contribution in [0.3, 0.4) is 0 Å². The van der Waals surface area contributed by atoms with Gasteiger partial charge >= 0.3 is 0 Å². The number of nitrogens with zero attached hydrogens (tertiary/aromatic N) is 4. The molecule has 4 rings (SSSR count). The highest BCUT2D eigenvalue weighted by molar-refractivity contribution is 7.99. The Morgan fingerprint density at radius 2 is 1.62 bits per heavy atom. The van der Waals surface area contributed by atoms with E-state index in [9.17, 15) is 18.4 Å². The minimum Gasteiger partial charge on any atom is -0.347 e. The summed E-state index contributed by atoms with van der Waals surface area (Å²) in [5.41, 5.74) is 1.52. The Morgan fingerprint density at radius 3 is 2.25 bits per heavy atom. The number of benzene rings is 2. The van der Waals surface area contributed by atoms with Gasteiger partial charge in [-0.1, -0.05) is 11.8 Å². The number of carbonyl (C=O) groups is 2. The summed E-state index contributed by atoms with van der Waals surface area (Å²) < 4.78 is 30.0. The van der Waals surface area contributed by atoms with Gasteiger partial charge in [0, 0.05) is 24.5 Å². The minimum atomic E-state index is -0.505. The Morgan fingerprint density at radius 1 is 0.969 bits per heavy atom. The van der Waals surface area contributed by atoms with Gasteiger partial charge in [0.15, 0.2) is 11.0 Å². The third-order valence-electron chi connectivity index (χ3n) is 4.58. The SMILES string of the molecule is Cn1cccc1C(=O)NC(=O)CSc1nnc(-c2ccc(F)cc2)n1-c1ccc(F)cc1. The molecule has 0 unspecified atom stereocenters. The molecule has 0 aliphatic heterocycles. The number of imide groups is 1. The van der Waals surface area contributed by atoms with Crippen LogP contribution >= 0.6 is 11.8 Å². The third kappa shape index (κ3) is 4.59. The van der Waals surface area contributed by atoms with Crippen LogP contribution in [0.4, 0.5) is 8.78 Å². The van der Waals surface area contributed by atoms with Crippen LogP contribution < -0.4 is 5.32 Å². The maximum absolute atomic E-state index is 13.4. The lowest BCUT2D eigenvalue weighted by molar-refractivity contribution is -0.117. The molecule has 4 aromatic rings. The van der Waals surface area contributed by atoms with E-state index < -0.39 is 23.4 Å². The Hall–Kier alpha value is -3.79. The topological polar surface area (TPSA) is 81.8 Å². The Balaban J connectivity index is 1.57. The number of hydrogen-bond acceptors (Lipinski definition) is 5. The smallest absolute Gasteiger partial charge is 0.274 e. The molecule has 1 N–H and O–H groups in total. The molecule has 2 amide bonds. The van der Waals surface area contributed by atoms with Crippen LogP contribution in [0, 0.1) is 11.6 Å². The third-order valence-corrected chi connectivity index (χ3v) is 5.51. The molecule has 0 bridgehead atoms. The molecule has 2 aromatic carbocycles. The lowest BCUT2D eigenvalue weighted by Crippen LogP contribution is -2.33. The molecule has 2 aromatic heterocycles. The molecule has 0 atom stereocenters. The fourth-order valence-electron chi connectivity index (χ4n) is 3.03. The van der Waals surface area contributed by atoms with Gasteiger partial charge in [0.1, 0.15) is 17.3 Å². The number of carbonyl (C=O) groups excluding carboxylic acids is 2. The van der Waals surface area contributed by atoms with Crippen molar-refractivity contribution in [3.05, 3.63) is 84.2 Å². The van der Waals surface area contributed by atoms with Crippen molar-refractivity contribution < 1.29 is 18.4 Å². The highest BCUT2D eigenvalue weighted by atomic mass is 32.2. The van der Waals surface area contributed by atoms with Crippen molar-refractivity contribution in [3.63, 3.8) is 0 Å². The number of rotatable bonds is 6. The number of halogens is 2. The van der Waals surface area contributed by atoms with Crippen LogP contribution in [0.5, 0.6) is 0 Å². The molecule has 2 heterocycles. The molecule has 0 saturated heterocycles. The molecule has 7 nitrogen and oxygen atoms in total. The van der Waals surface area contributed by atoms with E-state index in [1.54, 1.807) is 58.8 Å². The Kier molecular flexibility index (Phi) is 6.13. The van der Waals surface area contributed by atoms with Gasteiger partial charge < -0.3 is 4.57 Å². The van der Waals surface area contributed by atoms with Gasteiger partial charge in [-0.3, -0.25) is 19.5 Å². The first kappa shape index (κ1) is 21.4. The molecule has 32 heavy (non-hydrogen) atoms. The van der Waals surface area contributed by atoms with Gasteiger partial charge in [0.25, 0.3) is 5.91 Å². The second kappa shape index (κ2) is 9.15. The molecule has 162 valence electrons. The van der Waals surface area contributed by atoms with Crippen molar-refractivity contribution in [1.29, 1.82) is 0 Å². The average molecular weight is 453 g/mol. The fourth-order valence-corrected chi connectivity index (χ4v) is 3.78. The van der Waals surface area contributed by atoms with Crippen molar-refractivity contribution in [3.8, 4) is 17.1 Å². The van der Waals surface area contributed by atoms with Gasteiger partial charge in [-0.15, -0.1) is 10.2 Å². The average Bonchev–Trinajstić information content (AvgIpc) is 3.40. The van der Waals surface area contributed by atoms with E-state index in [-0.39, 0.29) is 5.75 Å². The maximum atomic E-state index is 13.4. The van der Waals surface area contributed by atoms with Gasteiger partial charge in [0.05, 0.1) is 5.75 Å². The van der Waals surface area contributed by atoms with Crippen molar-refractivity contribution in [2.45, 2.75) is 5.16 Å². The van der Waals surface area contributed by atoms with E-state index in [1.165, 1.54) is 24.3 Å². The zero-order valence-electron chi connectivity index (χ0n) is 16.8. The zero-order valence-corrected chi connectivity index (χ0v) is 17.6. The van der Waals surface area contributed by atoms with Crippen LogP contribution in [0.2, 0.25) is 0 Å². The molecule has 10 heteroatoms. The highest BCUT2D eigenvalue weighted by Crippen LogP contribution is 2.28. The van der Waals surface area contributed by atoms with Gasteiger partial charge in [-0.05, 0) is 60.7 Å². The number of amides is 2. The summed E-state index contributed by atoms with van der Waals surface area (Å²) in [6.07, 6.45) is 1.70. The highest BCUT2D eigenvalue weighted by Gasteiger charge is 2.19. The van der Waals surface area contributed by atoms with Crippen molar-refractivity contribution >= 4 is 23.6 Å². The summed E-state index contributed by atoms with van der Waals surface area (Å²) in [6.45, 7) is 0. The normalized spacial score (nSPS) is 10.8. The first-order chi connectivity index (χ1) is 15.4. The summed E-state index contributed by atoms with van der Waals surface area (Å²) in [5, 5.41) is 11.0. The second-order valence-corrected chi connectivity index (χ2v) is 7.74. The van der Waals surface area contributed by atoms with E-state index in [4.69, 9.17) is 0 Å². The summed E-state index contributed by atoms with van der Waals surface area (Å²) in [6, 6.07) is 14.7. The van der Waals surface area contributed by atoms with Crippen molar-refractivity contribution in [2.24, 2.45) is 7.05 Å². The first-order valence-corrected chi connectivity index (χ1v) is 10.5. The van der Waals surface area contributed by atoms with E-state index in [0.717, 1.165) is 11.8 Å². The van der Waals surface area contributed by atoms with E-state index in [2.05, 4.69) is 15.5 Å². The summed E-state index contributed by atoms with van der Waals surface area (Å²) >= 11 is 1.07. The maximum Gasteiger partial charge on any atom is 0.274 e. The molecule has 0 saturated carbocycles. The van der Waals surface area contributed by atoms with Crippen LogP contribution in [-0.4, -0.2) is 36.9 Å². The van der Waals surface area contributed by atoms with Gasteiger partial charge in [0.2, 0.25) is 5.91 Å². The number of hydrogen-bond donors (Lipinski definition) is 1. The number of aromatic nitrogens is 4. The van der Waals surface area contributed by atoms with Crippen LogP contribution in [0.15, 0.2) is 72.0 Å². The largest absolute Gasteiger partial charge is 0.347 e. The fraction of sp³-hybridized carbons (Fsp3) is 0.0909. The lowest BCUT2D eigenvalue weighted by Gasteiger charge is -2.10. The van der Waals surface area contributed by atoms with Gasteiger partial charge in [-0.25, -0.2) is 8.78 Å². The van der Waals surface area contributed by atoms with E-state index in [0.29, 0.717) is 27.9 Å². The zero-order chi connectivity index (χ0) is 22.7. The minimum absolute atomic E-state index is 0.0983. The predicted molar refractivity (Wildman–Crippen MR) is 115 cm³/mol. The first-order valence-electron chi connectivity index (χ1n) is 9.48. The number of thioether (sulfide) groups is 1. The molecular weight excluding hydrogens is 436 g/mol. The quantitative estimate of drug-likeness (QED) is 0.451.